The summed E-state index contributed by atoms with van der Waals surface area (Å²) in [5.74, 6) is -0.960. The highest BCUT2D eigenvalue weighted by Crippen LogP contribution is 2.30. The van der Waals surface area contributed by atoms with Gasteiger partial charge in [-0.1, -0.05) is 121 Å². The zero-order valence-corrected chi connectivity index (χ0v) is 30.7. The number of amides is 4. The van der Waals surface area contributed by atoms with Gasteiger partial charge in [-0.2, -0.15) is 0 Å². The number of benzene rings is 4. The predicted molar refractivity (Wildman–Crippen MR) is 201 cm³/mol. The number of hydrogen-bond acceptors (Lipinski definition) is 6. The van der Waals surface area contributed by atoms with Crippen LogP contribution in [-0.4, -0.2) is 47.3 Å². The van der Waals surface area contributed by atoms with Crippen molar-refractivity contribution in [2.75, 3.05) is 0 Å². The fourth-order valence-corrected chi connectivity index (χ4v) is 5.56. The van der Waals surface area contributed by atoms with E-state index in [1.807, 2.05) is 121 Å². The molecule has 0 heterocycles. The third kappa shape index (κ3) is 12.9. The maximum absolute atomic E-state index is 14.3. The first-order valence-electron chi connectivity index (χ1n) is 17.4. The highest BCUT2D eigenvalue weighted by Gasteiger charge is 2.34. The molecule has 52 heavy (non-hydrogen) atoms. The maximum Gasteiger partial charge on any atom is 0.408 e. The van der Waals surface area contributed by atoms with Crippen LogP contribution in [0.1, 0.15) is 75.9 Å². The summed E-state index contributed by atoms with van der Waals surface area (Å²) in [6.45, 7) is 10.5. The maximum atomic E-state index is 14.3. The van der Waals surface area contributed by atoms with Gasteiger partial charge in [0.15, 0.2) is 0 Å². The van der Waals surface area contributed by atoms with E-state index < -0.39 is 59.4 Å². The first-order chi connectivity index (χ1) is 24.7. The number of rotatable bonds is 13. The lowest BCUT2D eigenvalue weighted by Crippen LogP contribution is -2.54. The van der Waals surface area contributed by atoms with Crippen molar-refractivity contribution in [1.82, 2.24) is 21.3 Å². The van der Waals surface area contributed by atoms with Crippen molar-refractivity contribution in [3.05, 3.63) is 144 Å². The minimum absolute atomic E-state index is 0.189. The van der Waals surface area contributed by atoms with Crippen LogP contribution in [0.2, 0.25) is 0 Å². The molecule has 0 aromatic heterocycles. The Morgan fingerprint density at radius 1 is 0.462 bits per heavy atom. The number of hydrogen-bond donors (Lipinski definition) is 4. The summed E-state index contributed by atoms with van der Waals surface area (Å²) in [4.78, 5) is 54.7. The molecule has 4 aromatic rings. The Morgan fingerprint density at radius 3 is 1.04 bits per heavy atom. The average molecular weight is 707 g/mol. The van der Waals surface area contributed by atoms with Crippen LogP contribution in [0.5, 0.6) is 0 Å². The lowest BCUT2D eigenvalue weighted by molar-refractivity contribution is -0.126. The number of carbonyl (C=O) groups is 4. The monoisotopic (exact) mass is 706 g/mol. The van der Waals surface area contributed by atoms with Crippen molar-refractivity contribution in [3.63, 3.8) is 0 Å². The molecule has 0 fully saturated rings. The zero-order chi connectivity index (χ0) is 37.7. The molecule has 0 radical (unpaired) electrons. The summed E-state index contributed by atoms with van der Waals surface area (Å²) in [5.41, 5.74) is 1.52. The summed E-state index contributed by atoms with van der Waals surface area (Å²) in [6.07, 6.45) is -1.09. The quantitative estimate of drug-likeness (QED) is 0.119. The fourth-order valence-electron chi connectivity index (χ4n) is 5.56. The van der Waals surface area contributed by atoms with Gasteiger partial charge in [0.05, 0.1) is 12.1 Å². The number of alkyl carbamates (subject to hydrolysis) is 2. The molecule has 0 saturated carbocycles. The second kappa shape index (κ2) is 18.0. The first kappa shape index (κ1) is 39.2. The topological polar surface area (TPSA) is 135 Å². The van der Waals surface area contributed by atoms with Gasteiger partial charge >= 0.3 is 12.2 Å². The standard InChI is InChI=1S/C42H50N4O6/c1-41(2,3)51-39(49)43-33(27-29-19-11-7-12-20-29)37(47)45-35(31-23-15-9-16-24-31)36(32-25-17-10-18-26-32)46-38(48)34(28-30-21-13-8-14-22-30)44-40(50)52-42(4,5)6/h7-26,33-36H,27-28H2,1-6H3,(H,43,49)(H,44,50)(H,45,47)(H,46,48)/t33-,34-,35-,36-/m0/s1. The van der Waals surface area contributed by atoms with E-state index in [9.17, 15) is 19.2 Å². The van der Waals surface area contributed by atoms with Gasteiger partial charge in [-0.05, 0) is 63.8 Å². The highest BCUT2D eigenvalue weighted by molar-refractivity contribution is 5.88. The number of ether oxygens (including phenoxy) is 2. The Hall–Kier alpha value is -5.64. The van der Waals surface area contributed by atoms with Gasteiger partial charge in [0.2, 0.25) is 11.8 Å². The third-order valence-electron chi connectivity index (χ3n) is 7.83. The Morgan fingerprint density at radius 2 is 0.750 bits per heavy atom. The van der Waals surface area contributed by atoms with Crippen LogP contribution in [-0.2, 0) is 31.9 Å². The molecule has 4 N–H and O–H groups in total. The van der Waals surface area contributed by atoms with E-state index in [1.165, 1.54) is 0 Å². The van der Waals surface area contributed by atoms with Crippen molar-refractivity contribution >= 4 is 24.0 Å². The van der Waals surface area contributed by atoms with Crippen LogP contribution < -0.4 is 21.3 Å². The number of carbonyl (C=O) groups excluding carboxylic acids is 4. The molecule has 0 spiro atoms. The van der Waals surface area contributed by atoms with Gasteiger partial charge in [-0.3, -0.25) is 9.59 Å². The molecular weight excluding hydrogens is 656 g/mol. The minimum Gasteiger partial charge on any atom is -0.444 e. The van der Waals surface area contributed by atoms with Gasteiger partial charge in [-0.15, -0.1) is 0 Å². The van der Waals surface area contributed by atoms with Crippen LogP contribution in [0.25, 0.3) is 0 Å². The van der Waals surface area contributed by atoms with E-state index >= 15 is 0 Å². The van der Waals surface area contributed by atoms with E-state index in [1.54, 1.807) is 41.5 Å². The predicted octanol–water partition coefficient (Wildman–Crippen LogP) is 6.97. The molecule has 0 unspecified atom stereocenters. The van der Waals surface area contributed by atoms with Crippen LogP contribution in [0.4, 0.5) is 9.59 Å². The van der Waals surface area contributed by atoms with Crippen LogP contribution >= 0.6 is 0 Å². The molecule has 4 rings (SSSR count). The minimum atomic E-state index is -1.02. The van der Waals surface area contributed by atoms with Crippen molar-refractivity contribution < 1.29 is 28.7 Å². The molecule has 0 aliphatic carbocycles. The Labute approximate surface area is 306 Å². The van der Waals surface area contributed by atoms with Gasteiger partial charge in [0.1, 0.15) is 23.3 Å². The van der Waals surface area contributed by atoms with Gasteiger partial charge in [0, 0.05) is 12.8 Å². The van der Waals surface area contributed by atoms with E-state index in [-0.39, 0.29) is 12.8 Å². The molecule has 274 valence electrons. The first-order valence-corrected chi connectivity index (χ1v) is 17.4. The molecule has 0 aliphatic heterocycles. The highest BCUT2D eigenvalue weighted by atomic mass is 16.6. The van der Waals surface area contributed by atoms with E-state index in [2.05, 4.69) is 21.3 Å². The molecular formula is C42H50N4O6. The van der Waals surface area contributed by atoms with E-state index in [0.717, 1.165) is 11.1 Å². The Kier molecular flexibility index (Phi) is 13.6. The SMILES string of the molecule is CC(C)(C)OC(=O)N[C@@H](Cc1ccccc1)C(=O)N[C@@H](c1ccccc1)[C@@H](NC(=O)[C@H](Cc1ccccc1)NC(=O)OC(C)(C)C)c1ccccc1. The van der Waals surface area contributed by atoms with Crippen molar-refractivity contribution in [2.24, 2.45) is 0 Å². The molecule has 0 saturated heterocycles. The molecule has 0 aliphatic rings. The summed E-state index contributed by atoms with van der Waals surface area (Å²) in [7, 11) is 0. The second-order valence-corrected chi connectivity index (χ2v) is 14.6. The summed E-state index contributed by atoms with van der Waals surface area (Å²) in [6, 6.07) is 33.6. The Balaban J connectivity index is 1.71. The Bertz CT molecular complexity index is 1610. The van der Waals surface area contributed by atoms with Crippen molar-refractivity contribution in [2.45, 2.75) is 89.8 Å². The number of nitrogens with one attached hydrogen (secondary N) is 4. The van der Waals surface area contributed by atoms with Crippen molar-refractivity contribution in [3.8, 4) is 0 Å². The summed E-state index contributed by atoms with van der Waals surface area (Å²) >= 11 is 0. The molecule has 0 bridgehead atoms. The largest absolute Gasteiger partial charge is 0.444 e. The van der Waals surface area contributed by atoms with Gasteiger partial charge < -0.3 is 30.7 Å². The molecule has 4 amide bonds. The molecule has 10 heteroatoms. The lowest BCUT2D eigenvalue weighted by Gasteiger charge is -2.33. The van der Waals surface area contributed by atoms with Gasteiger partial charge in [-0.25, -0.2) is 9.59 Å². The molecule has 10 nitrogen and oxygen atoms in total. The molecule has 4 aromatic carbocycles. The van der Waals surface area contributed by atoms with Gasteiger partial charge in [0.25, 0.3) is 0 Å². The fraction of sp³-hybridized carbons (Fsp3) is 0.333. The average Bonchev–Trinajstić information content (AvgIpc) is 3.09. The molecule has 4 atom stereocenters. The van der Waals surface area contributed by atoms with E-state index in [4.69, 9.17) is 9.47 Å². The van der Waals surface area contributed by atoms with Crippen LogP contribution in [0.3, 0.4) is 0 Å². The van der Waals surface area contributed by atoms with Crippen LogP contribution in [0, 0.1) is 0 Å². The summed E-state index contributed by atoms with van der Waals surface area (Å²) in [5, 5.41) is 11.8. The second-order valence-electron chi connectivity index (χ2n) is 14.6. The lowest BCUT2D eigenvalue weighted by atomic mass is 9.92. The van der Waals surface area contributed by atoms with E-state index in [0.29, 0.717) is 11.1 Å². The normalized spacial score (nSPS) is 13.7. The third-order valence-corrected chi connectivity index (χ3v) is 7.83. The summed E-state index contributed by atoms with van der Waals surface area (Å²) < 4.78 is 11.0. The smallest absolute Gasteiger partial charge is 0.408 e. The van der Waals surface area contributed by atoms with Crippen LogP contribution in [0.15, 0.2) is 121 Å². The van der Waals surface area contributed by atoms with Crippen molar-refractivity contribution in [1.29, 1.82) is 0 Å². The zero-order valence-electron chi connectivity index (χ0n) is 30.7.